The molecule has 1 heterocycles. The summed E-state index contributed by atoms with van der Waals surface area (Å²) < 4.78 is 5.25. The van der Waals surface area contributed by atoms with Crippen molar-refractivity contribution in [3.05, 3.63) is 47.8 Å². The first kappa shape index (κ1) is 15.0. The lowest BCUT2D eigenvalue weighted by atomic mass is 10.0. The van der Waals surface area contributed by atoms with E-state index in [2.05, 4.69) is 29.1 Å². The lowest BCUT2D eigenvalue weighted by Gasteiger charge is -2.09. The van der Waals surface area contributed by atoms with Gasteiger partial charge in [0, 0.05) is 17.6 Å². The van der Waals surface area contributed by atoms with E-state index < -0.39 is 0 Å². The van der Waals surface area contributed by atoms with Crippen molar-refractivity contribution >= 4 is 11.6 Å². The summed E-state index contributed by atoms with van der Waals surface area (Å²) in [5.74, 6) is 0.231. The summed E-state index contributed by atoms with van der Waals surface area (Å²) in [6, 6.07) is 9.76. The molecular formula is C16H19N3O2. The van der Waals surface area contributed by atoms with Crippen LogP contribution < -0.4 is 10.1 Å². The monoisotopic (exact) mass is 285 g/mol. The highest BCUT2D eigenvalue weighted by atomic mass is 16.5. The molecule has 0 spiro atoms. The quantitative estimate of drug-likeness (QED) is 0.917. The fourth-order valence-corrected chi connectivity index (χ4v) is 1.77. The third kappa shape index (κ3) is 4.56. The molecule has 0 radical (unpaired) electrons. The number of ether oxygens (including phenoxy) is 1. The number of amides is 1. The molecular weight excluding hydrogens is 266 g/mol. The molecule has 1 amide bonds. The van der Waals surface area contributed by atoms with Crippen LogP contribution in [0.2, 0.25) is 0 Å². The maximum Gasteiger partial charge on any atom is 0.317 e. The summed E-state index contributed by atoms with van der Waals surface area (Å²) in [7, 11) is 0. The third-order valence-electron chi connectivity index (χ3n) is 2.97. The molecule has 110 valence electrons. The van der Waals surface area contributed by atoms with Gasteiger partial charge in [-0.15, -0.1) is 0 Å². The molecule has 5 heteroatoms. The first-order chi connectivity index (χ1) is 10.0. The maximum absolute atomic E-state index is 11.8. The Labute approximate surface area is 124 Å². The molecule has 0 saturated carbocycles. The van der Waals surface area contributed by atoms with Crippen molar-refractivity contribution in [3.63, 3.8) is 0 Å². The van der Waals surface area contributed by atoms with Crippen molar-refractivity contribution in [1.29, 1.82) is 0 Å². The molecule has 1 N–H and O–H groups in total. The molecule has 1 aromatic heterocycles. The molecule has 0 aliphatic heterocycles. The average Bonchev–Trinajstić information content (AvgIpc) is 2.46. The third-order valence-corrected chi connectivity index (χ3v) is 2.97. The van der Waals surface area contributed by atoms with Crippen LogP contribution in [0.1, 0.15) is 31.0 Å². The fourth-order valence-electron chi connectivity index (χ4n) is 1.77. The van der Waals surface area contributed by atoms with Crippen LogP contribution in [-0.2, 0) is 4.79 Å². The molecule has 0 atom stereocenters. The van der Waals surface area contributed by atoms with Crippen LogP contribution in [0, 0.1) is 6.92 Å². The molecule has 21 heavy (non-hydrogen) atoms. The van der Waals surface area contributed by atoms with Crippen LogP contribution in [0.15, 0.2) is 36.5 Å². The average molecular weight is 285 g/mol. The van der Waals surface area contributed by atoms with Gasteiger partial charge in [-0.25, -0.2) is 9.97 Å². The van der Waals surface area contributed by atoms with Crippen LogP contribution in [0.5, 0.6) is 6.01 Å². The van der Waals surface area contributed by atoms with E-state index in [0.717, 1.165) is 11.4 Å². The van der Waals surface area contributed by atoms with E-state index in [1.54, 1.807) is 12.3 Å². The number of carbonyl (C=O) groups excluding carboxylic acids is 1. The molecule has 0 fully saturated rings. The van der Waals surface area contributed by atoms with E-state index in [1.165, 1.54) is 5.56 Å². The highest BCUT2D eigenvalue weighted by molar-refractivity contribution is 5.91. The lowest BCUT2D eigenvalue weighted by molar-refractivity contribution is -0.118. The summed E-state index contributed by atoms with van der Waals surface area (Å²) in [5.41, 5.74) is 2.78. The number of aryl methyl sites for hydroxylation is 1. The van der Waals surface area contributed by atoms with Gasteiger partial charge in [0.2, 0.25) is 0 Å². The Morgan fingerprint density at radius 3 is 2.57 bits per heavy atom. The van der Waals surface area contributed by atoms with Gasteiger partial charge >= 0.3 is 6.01 Å². The van der Waals surface area contributed by atoms with Gasteiger partial charge in [0.15, 0.2) is 6.61 Å². The van der Waals surface area contributed by atoms with Crippen molar-refractivity contribution < 1.29 is 9.53 Å². The molecule has 0 saturated heterocycles. The molecule has 0 unspecified atom stereocenters. The van der Waals surface area contributed by atoms with Gasteiger partial charge in [0.1, 0.15) is 0 Å². The van der Waals surface area contributed by atoms with Gasteiger partial charge in [0.25, 0.3) is 5.91 Å². The lowest BCUT2D eigenvalue weighted by Crippen LogP contribution is -2.20. The van der Waals surface area contributed by atoms with E-state index in [0.29, 0.717) is 5.92 Å². The molecule has 0 aliphatic carbocycles. The Kier molecular flexibility index (Phi) is 4.87. The van der Waals surface area contributed by atoms with Crippen LogP contribution in [0.3, 0.4) is 0 Å². The second-order valence-corrected chi connectivity index (χ2v) is 5.09. The number of hydrogen-bond acceptors (Lipinski definition) is 4. The maximum atomic E-state index is 11.8. The number of nitrogens with zero attached hydrogens (tertiary/aromatic N) is 2. The second-order valence-electron chi connectivity index (χ2n) is 5.09. The molecule has 5 nitrogen and oxygen atoms in total. The van der Waals surface area contributed by atoms with Gasteiger partial charge in [0.05, 0.1) is 0 Å². The summed E-state index contributed by atoms with van der Waals surface area (Å²) in [6.07, 6.45) is 1.60. The zero-order valence-electron chi connectivity index (χ0n) is 12.5. The first-order valence-corrected chi connectivity index (χ1v) is 6.87. The first-order valence-electron chi connectivity index (χ1n) is 6.87. The van der Waals surface area contributed by atoms with Gasteiger partial charge in [-0.1, -0.05) is 26.0 Å². The van der Waals surface area contributed by atoms with Crippen LogP contribution >= 0.6 is 0 Å². The molecule has 1 aromatic carbocycles. The number of rotatable bonds is 5. The molecule has 2 aromatic rings. The molecule has 0 aliphatic rings. The number of carbonyl (C=O) groups is 1. The van der Waals surface area contributed by atoms with E-state index in [1.807, 2.05) is 31.2 Å². The smallest absolute Gasteiger partial charge is 0.317 e. The van der Waals surface area contributed by atoms with Gasteiger partial charge in [-0.2, -0.15) is 0 Å². The fraction of sp³-hybridized carbons (Fsp3) is 0.312. The standard InChI is InChI=1S/C16H19N3O2/c1-11(2)13-4-6-14(7-5-13)19-15(20)10-21-16-17-9-8-12(3)18-16/h4-9,11H,10H2,1-3H3,(H,19,20). The minimum Gasteiger partial charge on any atom is -0.453 e. The normalized spacial score (nSPS) is 10.5. The summed E-state index contributed by atoms with van der Waals surface area (Å²) in [6.45, 7) is 5.98. The molecule has 0 bridgehead atoms. The van der Waals surface area contributed by atoms with Gasteiger partial charge in [-0.3, -0.25) is 4.79 Å². The summed E-state index contributed by atoms with van der Waals surface area (Å²) in [5, 5.41) is 2.77. The molecule has 2 rings (SSSR count). The Bertz CT molecular complexity index is 609. The predicted octanol–water partition coefficient (Wildman–Crippen LogP) is 2.93. The van der Waals surface area contributed by atoms with E-state index in [4.69, 9.17) is 4.74 Å². The van der Waals surface area contributed by atoms with Crippen LogP contribution in [0.4, 0.5) is 5.69 Å². The zero-order chi connectivity index (χ0) is 15.2. The van der Waals surface area contributed by atoms with Crippen molar-refractivity contribution in [2.45, 2.75) is 26.7 Å². The van der Waals surface area contributed by atoms with Gasteiger partial charge in [-0.05, 0) is 36.6 Å². The van der Waals surface area contributed by atoms with E-state index in [9.17, 15) is 4.79 Å². The minimum absolute atomic E-state index is 0.116. The number of hydrogen-bond donors (Lipinski definition) is 1. The minimum atomic E-state index is -0.239. The van der Waals surface area contributed by atoms with Gasteiger partial charge < -0.3 is 10.1 Å². The Morgan fingerprint density at radius 1 is 1.24 bits per heavy atom. The second kappa shape index (κ2) is 6.83. The van der Waals surface area contributed by atoms with Crippen LogP contribution in [-0.4, -0.2) is 22.5 Å². The van der Waals surface area contributed by atoms with Crippen molar-refractivity contribution in [2.24, 2.45) is 0 Å². The SMILES string of the molecule is Cc1ccnc(OCC(=O)Nc2ccc(C(C)C)cc2)n1. The zero-order valence-corrected chi connectivity index (χ0v) is 12.5. The summed E-state index contributed by atoms with van der Waals surface area (Å²) >= 11 is 0. The van der Waals surface area contributed by atoms with Crippen molar-refractivity contribution in [1.82, 2.24) is 9.97 Å². The Morgan fingerprint density at radius 2 is 1.95 bits per heavy atom. The van der Waals surface area contributed by atoms with E-state index in [-0.39, 0.29) is 18.5 Å². The largest absolute Gasteiger partial charge is 0.453 e. The van der Waals surface area contributed by atoms with E-state index >= 15 is 0 Å². The van der Waals surface area contributed by atoms with Crippen molar-refractivity contribution in [2.75, 3.05) is 11.9 Å². The highest BCUT2D eigenvalue weighted by Gasteiger charge is 2.06. The number of aromatic nitrogens is 2. The number of anilines is 1. The summed E-state index contributed by atoms with van der Waals surface area (Å²) in [4.78, 5) is 19.8. The van der Waals surface area contributed by atoms with Crippen molar-refractivity contribution in [3.8, 4) is 6.01 Å². The topological polar surface area (TPSA) is 64.1 Å². The Balaban J connectivity index is 1.87. The number of benzene rings is 1. The predicted molar refractivity (Wildman–Crippen MR) is 81.4 cm³/mol. The highest BCUT2D eigenvalue weighted by Crippen LogP contribution is 2.17. The Hall–Kier alpha value is -2.43. The number of nitrogens with one attached hydrogen (secondary N) is 1. The van der Waals surface area contributed by atoms with Crippen LogP contribution in [0.25, 0.3) is 0 Å².